The lowest BCUT2D eigenvalue weighted by atomic mass is 10.0. The van der Waals surface area contributed by atoms with E-state index in [1.54, 1.807) is 36.4 Å². The molecule has 0 atom stereocenters. The minimum Gasteiger partial charge on any atom is -0.394 e. The van der Waals surface area contributed by atoms with Crippen LogP contribution >= 0.6 is 31.0 Å². The molecule has 0 fully saturated rings. The molecule has 1 aliphatic heterocycles. The van der Waals surface area contributed by atoms with Crippen LogP contribution in [-0.2, 0) is 15.6 Å². The number of nitrogens with two attached hydrogens (primary N) is 1. The summed E-state index contributed by atoms with van der Waals surface area (Å²) in [7, 11) is -3.97. The van der Waals surface area contributed by atoms with Gasteiger partial charge < -0.3 is 9.05 Å². The van der Waals surface area contributed by atoms with Crippen molar-refractivity contribution in [3.05, 3.63) is 57.6 Å². The third kappa shape index (κ3) is 3.03. The second kappa shape index (κ2) is 5.52. The van der Waals surface area contributed by atoms with E-state index in [0.717, 1.165) is 11.1 Å². The fraction of sp³-hybridized carbons (Fsp3) is 0.0769. The van der Waals surface area contributed by atoms with Crippen LogP contribution in [-0.4, -0.2) is 0 Å². The average molecular weight is 346 g/mol. The average Bonchev–Trinajstić information content (AvgIpc) is 2.43. The Bertz CT molecular complexity index is 695. The van der Waals surface area contributed by atoms with E-state index in [1.165, 1.54) is 0 Å². The molecule has 21 heavy (non-hydrogen) atoms. The van der Waals surface area contributed by atoms with Crippen molar-refractivity contribution in [2.45, 2.75) is 6.42 Å². The highest BCUT2D eigenvalue weighted by molar-refractivity contribution is 7.49. The van der Waals surface area contributed by atoms with E-state index in [9.17, 15) is 4.57 Å². The summed E-state index contributed by atoms with van der Waals surface area (Å²) in [5.41, 5.74) is 1.46. The molecule has 110 valence electrons. The number of hydrogen-bond acceptors (Lipinski definition) is 5. The fourth-order valence-electron chi connectivity index (χ4n) is 2.06. The molecule has 1 aliphatic rings. The van der Waals surface area contributed by atoms with E-state index in [-0.39, 0.29) is 0 Å². The SMILES string of the molecule is NOP1(=O)Oc2ccc(Cl)cc2Cc2cc(Cl)ccc2O1. The summed E-state index contributed by atoms with van der Waals surface area (Å²) in [5, 5.41) is 1.07. The maximum absolute atomic E-state index is 12.4. The third-order valence-electron chi connectivity index (χ3n) is 2.98. The Balaban J connectivity index is 2.18. The lowest BCUT2D eigenvalue weighted by Crippen LogP contribution is -2.12. The quantitative estimate of drug-likeness (QED) is 0.614. The smallest absolute Gasteiger partial charge is 0.394 e. The molecular weight excluding hydrogens is 336 g/mol. The van der Waals surface area contributed by atoms with Crippen LogP contribution in [0.3, 0.4) is 0 Å². The van der Waals surface area contributed by atoms with Gasteiger partial charge in [-0.05, 0) is 36.4 Å². The van der Waals surface area contributed by atoms with E-state index < -0.39 is 7.82 Å². The van der Waals surface area contributed by atoms with Gasteiger partial charge in [-0.25, -0.2) is 10.5 Å². The van der Waals surface area contributed by atoms with Crippen LogP contribution in [0.4, 0.5) is 0 Å². The Kier molecular flexibility index (Phi) is 3.86. The minimum absolute atomic E-state index is 0.332. The number of rotatable bonds is 1. The topological polar surface area (TPSA) is 70.8 Å². The summed E-state index contributed by atoms with van der Waals surface area (Å²) in [6.45, 7) is 0. The largest absolute Gasteiger partial charge is 0.604 e. The van der Waals surface area contributed by atoms with Gasteiger partial charge in [-0.15, -0.1) is 0 Å². The first-order valence-electron chi connectivity index (χ1n) is 5.94. The van der Waals surface area contributed by atoms with Crippen molar-refractivity contribution in [3.63, 3.8) is 0 Å². The lowest BCUT2D eigenvalue weighted by Gasteiger charge is -2.23. The zero-order valence-corrected chi connectivity index (χ0v) is 13.0. The van der Waals surface area contributed by atoms with E-state index in [4.69, 9.17) is 38.1 Å². The third-order valence-corrected chi connectivity index (χ3v) is 4.54. The Morgan fingerprint density at radius 3 is 1.90 bits per heavy atom. The van der Waals surface area contributed by atoms with Gasteiger partial charge in [0.15, 0.2) is 0 Å². The molecule has 0 bridgehead atoms. The van der Waals surface area contributed by atoms with Crippen LogP contribution in [0.15, 0.2) is 36.4 Å². The number of phosphoric ester groups is 1. The van der Waals surface area contributed by atoms with Crippen molar-refractivity contribution in [1.82, 2.24) is 0 Å². The van der Waals surface area contributed by atoms with Gasteiger partial charge in [0.05, 0.1) is 0 Å². The van der Waals surface area contributed by atoms with Crippen LogP contribution < -0.4 is 14.9 Å². The molecule has 8 heteroatoms. The summed E-state index contributed by atoms with van der Waals surface area (Å²) >= 11 is 12.0. The Labute approximate surface area is 131 Å². The van der Waals surface area contributed by atoms with Crippen LogP contribution in [0.1, 0.15) is 11.1 Å². The van der Waals surface area contributed by atoms with Gasteiger partial charge in [-0.2, -0.15) is 4.62 Å². The highest BCUT2D eigenvalue weighted by Gasteiger charge is 2.34. The highest BCUT2D eigenvalue weighted by Crippen LogP contribution is 2.52. The van der Waals surface area contributed by atoms with E-state index in [1.807, 2.05) is 0 Å². The van der Waals surface area contributed by atoms with Crippen LogP contribution in [0, 0.1) is 0 Å². The highest BCUT2D eigenvalue weighted by atomic mass is 35.5. The molecular formula is C13H10Cl2NO4P. The van der Waals surface area contributed by atoms with Crippen molar-refractivity contribution in [3.8, 4) is 11.5 Å². The standard InChI is InChI=1S/C13H10Cl2NO4P/c14-10-1-3-12-8(6-10)5-9-7-11(15)2-4-13(9)19-21(17,18-12)20-16/h1-4,6-7H,5,16H2. The predicted octanol–water partition coefficient (Wildman–Crippen LogP) is 4.35. The summed E-state index contributed by atoms with van der Waals surface area (Å²) in [6, 6.07) is 9.83. The number of benzene rings is 2. The molecule has 0 spiro atoms. The Hall–Kier alpha value is -1.23. The van der Waals surface area contributed by atoms with Crippen molar-refractivity contribution >= 4 is 31.0 Å². The van der Waals surface area contributed by atoms with E-state index in [2.05, 4.69) is 4.62 Å². The van der Waals surface area contributed by atoms with Crippen LogP contribution in [0.5, 0.6) is 11.5 Å². The summed E-state index contributed by atoms with van der Waals surface area (Å²) in [5.74, 6) is 5.73. The predicted molar refractivity (Wildman–Crippen MR) is 79.8 cm³/mol. The fourth-order valence-corrected chi connectivity index (χ4v) is 3.41. The van der Waals surface area contributed by atoms with Gasteiger partial charge in [-0.3, -0.25) is 0 Å². The van der Waals surface area contributed by atoms with Gasteiger partial charge in [0, 0.05) is 27.6 Å². The van der Waals surface area contributed by atoms with Crippen LogP contribution in [0.2, 0.25) is 10.0 Å². The second-order valence-corrected chi connectivity index (χ2v) is 6.76. The normalized spacial score (nSPS) is 15.8. The minimum atomic E-state index is -3.97. The molecule has 0 amide bonds. The number of fused-ring (bicyclic) bond motifs is 2. The molecule has 3 rings (SSSR count). The number of halogens is 2. The molecule has 2 aromatic rings. The van der Waals surface area contributed by atoms with Gasteiger partial charge >= 0.3 is 7.82 Å². The number of hydrogen-bond donors (Lipinski definition) is 1. The zero-order valence-electron chi connectivity index (χ0n) is 10.6. The van der Waals surface area contributed by atoms with Crippen molar-refractivity contribution in [1.29, 1.82) is 0 Å². The molecule has 0 saturated carbocycles. The van der Waals surface area contributed by atoms with Crippen LogP contribution in [0.25, 0.3) is 0 Å². The van der Waals surface area contributed by atoms with Crippen molar-refractivity contribution in [2.75, 3.05) is 0 Å². The zero-order chi connectivity index (χ0) is 15.0. The molecule has 1 heterocycles. The molecule has 2 aromatic carbocycles. The molecule has 5 nitrogen and oxygen atoms in total. The van der Waals surface area contributed by atoms with Crippen molar-refractivity contribution < 1.29 is 18.2 Å². The molecule has 2 N–H and O–H groups in total. The van der Waals surface area contributed by atoms with Gasteiger partial charge in [0.25, 0.3) is 0 Å². The first kappa shape index (κ1) is 14.7. The summed E-state index contributed by atoms with van der Waals surface area (Å²) < 4.78 is 27.5. The monoisotopic (exact) mass is 345 g/mol. The molecule has 0 unspecified atom stereocenters. The molecule has 0 aromatic heterocycles. The Morgan fingerprint density at radius 2 is 1.48 bits per heavy atom. The number of phosphoric acid groups is 1. The molecule has 0 aliphatic carbocycles. The van der Waals surface area contributed by atoms with Crippen molar-refractivity contribution in [2.24, 2.45) is 5.90 Å². The molecule has 0 saturated heterocycles. The maximum atomic E-state index is 12.4. The first-order chi connectivity index (χ1) is 9.99. The Morgan fingerprint density at radius 1 is 1.00 bits per heavy atom. The summed E-state index contributed by atoms with van der Waals surface area (Å²) in [6.07, 6.45) is 0.455. The summed E-state index contributed by atoms with van der Waals surface area (Å²) in [4.78, 5) is 0. The van der Waals surface area contributed by atoms with Gasteiger partial charge in [-0.1, -0.05) is 23.2 Å². The second-order valence-electron chi connectivity index (χ2n) is 4.42. The lowest BCUT2D eigenvalue weighted by molar-refractivity contribution is 0.212. The van der Waals surface area contributed by atoms with E-state index in [0.29, 0.717) is 28.0 Å². The molecule has 0 radical (unpaired) electrons. The first-order valence-corrected chi connectivity index (χ1v) is 8.15. The van der Waals surface area contributed by atoms with E-state index >= 15 is 0 Å². The van der Waals surface area contributed by atoms with Gasteiger partial charge in [0.2, 0.25) is 0 Å². The van der Waals surface area contributed by atoms with Gasteiger partial charge in [0.1, 0.15) is 11.5 Å². The maximum Gasteiger partial charge on any atom is 0.604 e.